The van der Waals surface area contributed by atoms with Crippen LogP contribution in [0.25, 0.3) is 0 Å². The van der Waals surface area contributed by atoms with Gasteiger partial charge in [0, 0.05) is 11.8 Å². The number of anilines is 1. The fourth-order valence-electron chi connectivity index (χ4n) is 1.99. The molecule has 2 aromatic rings. The van der Waals surface area contributed by atoms with E-state index in [-0.39, 0.29) is 11.5 Å². The Morgan fingerprint density at radius 3 is 2.48 bits per heavy atom. The van der Waals surface area contributed by atoms with Crippen molar-refractivity contribution in [1.82, 2.24) is 4.72 Å². The number of ether oxygens (including phenoxy) is 1. The highest BCUT2D eigenvalue weighted by Gasteiger charge is 2.16. The zero-order valence-electron chi connectivity index (χ0n) is 13.5. The molecule has 0 radical (unpaired) electrons. The summed E-state index contributed by atoms with van der Waals surface area (Å²) in [6, 6.07) is 9.26. The van der Waals surface area contributed by atoms with Crippen molar-refractivity contribution >= 4 is 44.8 Å². The third kappa shape index (κ3) is 5.09. The zero-order valence-corrected chi connectivity index (χ0v) is 15.8. The lowest BCUT2D eigenvalue weighted by molar-refractivity contribution is -0.118. The van der Waals surface area contributed by atoms with Gasteiger partial charge in [-0.15, -0.1) is 0 Å². The molecule has 0 heterocycles. The van der Waals surface area contributed by atoms with Crippen molar-refractivity contribution in [1.29, 1.82) is 0 Å². The first-order valence-electron chi connectivity index (χ1n) is 7.15. The van der Waals surface area contributed by atoms with E-state index in [1.165, 1.54) is 19.2 Å². The summed E-state index contributed by atoms with van der Waals surface area (Å²) >= 11 is 11.7. The van der Waals surface area contributed by atoms with Gasteiger partial charge in [-0.25, -0.2) is 13.1 Å². The molecular weight excluding hydrogens is 387 g/mol. The summed E-state index contributed by atoms with van der Waals surface area (Å²) in [5.74, 6) is -0.0466. The van der Waals surface area contributed by atoms with Crippen molar-refractivity contribution in [2.75, 3.05) is 19.0 Å². The third-order valence-corrected chi connectivity index (χ3v) is 5.59. The number of benzene rings is 2. The molecule has 2 rings (SSSR count). The molecule has 0 saturated heterocycles. The molecule has 25 heavy (non-hydrogen) atoms. The van der Waals surface area contributed by atoms with Crippen LogP contribution in [0.5, 0.6) is 5.75 Å². The number of nitrogens with one attached hydrogen (secondary N) is 2. The Bertz CT molecular complexity index is 901. The number of sulfonamides is 1. The number of carbonyl (C=O) groups excluding carboxylic acids is 1. The van der Waals surface area contributed by atoms with E-state index in [1.807, 2.05) is 0 Å². The van der Waals surface area contributed by atoms with Crippen LogP contribution in [0.3, 0.4) is 0 Å². The summed E-state index contributed by atoms with van der Waals surface area (Å²) in [5, 5.41) is 3.29. The summed E-state index contributed by atoms with van der Waals surface area (Å²) in [7, 11) is -2.29. The SMILES string of the molecule is CNS(=O)(=O)c1cc(NC(=O)COc2ccc(Cl)c(Cl)c2)ccc1C. The summed E-state index contributed by atoms with van der Waals surface area (Å²) in [5.41, 5.74) is 0.918. The molecule has 0 aliphatic rings. The number of halogens is 2. The van der Waals surface area contributed by atoms with Crippen molar-refractivity contribution < 1.29 is 17.9 Å². The maximum atomic E-state index is 12.0. The molecule has 6 nitrogen and oxygen atoms in total. The molecule has 0 aliphatic carbocycles. The van der Waals surface area contributed by atoms with Gasteiger partial charge in [-0.3, -0.25) is 4.79 Å². The van der Waals surface area contributed by atoms with Crippen LogP contribution in [-0.4, -0.2) is 28.0 Å². The lowest BCUT2D eigenvalue weighted by atomic mass is 10.2. The predicted octanol–water partition coefficient (Wildman–Crippen LogP) is 3.23. The lowest BCUT2D eigenvalue weighted by Gasteiger charge is -2.11. The molecular formula is C16H16Cl2N2O4S. The van der Waals surface area contributed by atoms with Crippen LogP contribution in [0, 0.1) is 6.92 Å². The molecule has 0 spiro atoms. The summed E-state index contributed by atoms with van der Waals surface area (Å²) < 4.78 is 31.5. The maximum absolute atomic E-state index is 12.0. The highest BCUT2D eigenvalue weighted by atomic mass is 35.5. The zero-order chi connectivity index (χ0) is 18.6. The lowest BCUT2D eigenvalue weighted by Crippen LogP contribution is -2.22. The minimum Gasteiger partial charge on any atom is -0.484 e. The topological polar surface area (TPSA) is 84.5 Å². The van der Waals surface area contributed by atoms with Crippen LogP contribution in [-0.2, 0) is 14.8 Å². The molecule has 9 heteroatoms. The molecule has 0 saturated carbocycles. The second kappa shape index (κ2) is 8.05. The minimum atomic E-state index is -3.61. The van der Waals surface area contributed by atoms with E-state index in [1.54, 1.807) is 31.2 Å². The Morgan fingerprint density at radius 1 is 1.12 bits per heavy atom. The average molecular weight is 403 g/mol. The number of rotatable bonds is 6. The fraction of sp³-hybridized carbons (Fsp3) is 0.188. The summed E-state index contributed by atoms with van der Waals surface area (Å²) in [6.07, 6.45) is 0. The minimum absolute atomic E-state index is 0.0956. The van der Waals surface area contributed by atoms with Gasteiger partial charge in [-0.2, -0.15) is 0 Å². The second-order valence-corrected chi connectivity index (χ2v) is 7.77. The van der Waals surface area contributed by atoms with Gasteiger partial charge in [0.25, 0.3) is 5.91 Å². The van der Waals surface area contributed by atoms with Crippen molar-refractivity contribution in [3.05, 3.63) is 52.0 Å². The highest BCUT2D eigenvalue weighted by Crippen LogP contribution is 2.26. The van der Waals surface area contributed by atoms with Gasteiger partial charge in [0.15, 0.2) is 6.61 Å². The first-order valence-corrected chi connectivity index (χ1v) is 9.39. The maximum Gasteiger partial charge on any atom is 0.262 e. The summed E-state index contributed by atoms with van der Waals surface area (Å²) in [4.78, 5) is 12.1. The van der Waals surface area contributed by atoms with E-state index < -0.39 is 15.9 Å². The van der Waals surface area contributed by atoms with Crippen molar-refractivity contribution in [2.45, 2.75) is 11.8 Å². The van der Waals surface area contributed by atoms with E-state index in [4.69, 9.17) is 27.9 Å². The molecule has 0 atom stereocenters. The number of carbonyl (C=O) groups is 1. The van der Waals surface area contributed by atoms with Gasteiger partial charge in [0.2, 0.25) is 10.0 Å². The van der Waals surface area contributed by atoms with Gasteiger partial charge >= 0.3 is 0 Å². The van der Waals surface area contributed by atoms with E-state index in [0.29, 0.717) is 27.0 Å². The van der Waals surface area contributed by atoms with Crippen LogP contribution < -0.4 is 14.8 Å². The molecule has 0 aliphatic heterocycles. The number of hydrogen-bond acceptors (Lipinski definition) is 4. The molecule has 0 unspecified atom stereocenters. The van der Waals surface area contributed by atoms with E-state index in [0.717, 1.165) is 0 Å². The number of hydrogen-bond donors (Lipinski definition) is 2. The average Bonchev–Trinajstić information content (AvgIpc) is 2.57. The molecule has 1 amide bonds. The van der Waals surface area contributed by atoms with Crippen molar-refractivity contribution in [3.8, 4) is 5.75 Å². The van der Waals surface area contributed by atoms with E-state index in [2.05, 4.69) is 10.0 Å². The normalized spacial score (nSPS) is 11.2. The summed E-state index contributed by atoms with van der Waals surface area (Å²) in [6.45, 7) is 1.41. The van der Waals surface area contributed by atoms with Crippen LogP contribution >= 0.6 is 23.2 Å². The van der Waals surface area contributed by atoms with E-state index >= 15 is 0 Å². The Kier molecular flexibility index (Phi) is 6.29. The predicted molar refractivity (Wildman–Crippen MR) is 98.0 cm³/mol. The molecule has 0 bridgehead atoms. The van der Waals surface area contributed by atoms with Gasteiger partial charge in [0.1, 0.15) is 5.75 Å². The van der Waals surface area contributed by atoms with Gasteiger partial charge in [-0.1, -0.05) is 29.3 Å². The number of aryl methyl sites for hydroxylation is 1. The second-order valence-electron chi connectivity index (χ2n) is 5.10. The first kappa shape index (κ1) is 19.5. The van der Waals surface area contributed by atoms with Crippen LogP contribution in [0.1, 0.15) is 5.56 Å². The quantitative estimate of drug-likeness (QED) is 0.776. The smallest absolute Gasteiger partial charge is 0.262 e. The van der Waals surface area contributed by atoms with Gasteiger partial charge in [0.05, 0.1) is 14.9 Å². The van der Waals surface area contributed by atoms with Crippen molar-refractivity contribution in [3.63, 3.8) is 0 Å². The molecule has 134 valence electrons. The third-order valence-electron chi connectivity index (χ3n) is 3.29. The highest BCUT2D eigenvalue weighted by molar-refractivity contribution is 7.89. The Labute approximate surface area is 156 Å². The molecule has 0 aromatic heterocycles. The van der Waals surface area contributed by atoms with Crippen LogP contribution in [0.2, 0.25) is 10.0 Å². The van der Waals surface area contributed by atoms with Crippen LogP contribution in [0.15, 0.2) is 41.3 Å². The Balaban J connectivity index is 2.05. The van der Waals surface area contributed by atoms with Crippen molar-refractivity contribution in [2.24, 2.45) is 0 Å². The monoisotopic (exact) mass is 402 g/mol. The standard InChI is InChI=1S/C16H16Cl2N2O4S/c1-10-3-4-11(7-15(10)25(22,23)19-2)20-16(21)9-24-12-5-6-13(17)14(18)8-12/h3-8,19H,9H2,1-2H3,(H,20,21). The molecule has 0 fully saturated rings. The number of amides is 1. The van der Waals surface area contributed by atoms with Gasteiger partial charge in [-0.05, 0) is 43.8 Å². The Morgan fingerprint density at radius 2 is 1.84 bits per heavy atom. The van der Waals surface area contributed by atoms with E-state index in [9.17, 15) is 13.2 Å². The molecule has 2 N–H and O–H groups in total. The largest absolute Gasteiger partial charge is 0.484 e. The Hall–Kier alpha value is -1.80. The van der Waals surface area contributed by atoms with Crippen LogP contribution in [0.4, 0.5) is 5.69 Å². The molecule has 2 aromatic carbocycles. The van der Waals surface area contributed by atoms with Gasteiger partial charge < -0.3 is 10.1 Å². The first-order chi connectivity index (χ1) is 11.7. The fourth-order valence-corrected chi connectivity index (χ4v) is 3.27.